The molecule has 2 atom stereocenters. The number of rotatable bonds is 8. The maximum atomic E-state index is 15.3. The van der Waals surface area contributed by atoms with Crippen LogP contribution in [0.25, 0.3) is 16.8 Å². The summed E-state index contributed by atoms with van der Waals surface area (Å²) in [6.45, 7) is -0.596. The second kappa shape index (κ2) is 10.1. The van der Waals surface area contributed by atoms with E-state index in [0.717, 1.165) is 34.3 Å². The van der Waals surface area contributed by atoms with Crippen LogP contribution >= 0.6 is 11.6 Å². The molecule has 1 saturated carbocycles. The Hall–Kier alpha value is -4.23. The molecule has 3 heterocycles. The highest BCUT2D eigenvalue weighted by atomic mass is 35.5. The zero-order chi connectivity index (χ0) is 28.1. The van der Waals surface area contributed by atoms with Crippen LogP contribution in [0.2, 0.25) is 5.02 Å². The van der Waals surface area contributed by atoms with Gasteiger partial charge in [0.05, 0.1) is 35.6 Å². The van der Waals surface area contributed by atoms with E-state index in [1.165, 1.54) is 30.3 Å². The number of aliphatic hydroxyl groups excluding tert-OH is 1. The Labute approximate surface area is 230 Å². The molecule has 1 fully saturated rings. The molecule has 2 aromatic heterocycles. The van der Waals surface area contributed by atoms with E-state index in [-0.39, 0.29) is 22.2 Å². The Bertz CT molecular complexity index is 1630. The molecular formula is C26H22ClF3N8O2. The van der Waals surface area contributed by atoms with E-state index in [9.17, 15) is 18.7 Å². The van der Waals surface area contributed by atoms with Crippen LogP contribution < -0.4 is 5.73 Å². The lowest BCUT2D eigenvalue weighted by atomic mass is 10.0. The van der Waals surface area contributed by atoms with E-state index in [4.69, 9.17) is 17.3 Å². The predicted octanol–water partition coefficient (Wildman–Crippen LogP) is 4.13. The minimum absolute atomic E-state index is 0.0199. The molecule has 1 amide bonds. The third-order valence-electron chi connectivity index (χ3n) is 6.97. The average molecular weight is 571 g/mol. The summed E-state index contributed by atoms with van der Waals surface area (Å²) >= 11 is 6.25. The van der Waals surface area contributed by atoms with Gasteiger partial charge in [0.25, 0.3) is 12.3 Å². The van der Waals surface area contributed by atoms with Crippen molar-refractivity contribution in [2.45, 2.75) is 37.4 Å². The van der Waals surface area contributed by atoms with Gasteiger partial charge in [0, 0.05) is 17.3 Å². The van der Waals surface area contributed by atoms with Crippen LogP contribution in [0.15, 0.2) is 60.1 Å². The van der Waals surface area contributed by atoms with E-state index in [1.807, 2.05) is 10.9 Å². The van der Waals surface area contributed by atoms with Gasteiger partial charge >= 0.3 is 0 Å². The van der Waals surface area contributed by atoms with Crippen molar-refractivity contribution >= 4 is 23.5 Å². The monoisotopic (exact) mass is 570 g/mol. The number of nitrogens with two attached hydrogens (primary N) is 1. The summed E-state index contributed by atoms with van der Waals surface area (Å²) in [5.41, 5.74) is 7.86. The van der Waals surface area contributed by atoms with E-state index in [2.05, 4.69) is 20.2 Å². The summed E-state index contributed by atoms with van der Waals surface area (Å²) in [7, 11) is 0. The largest absolute Gasteiger partial charge is 0.394 e. The molecule has 0 radical (unpaired) electrons. The summed E-state index contributed by atoms with van der Waals surface area (Å²) in [6, 6.07) is 6.85. The molecule has 6 rings (SSSR count). The summed E-state index contributed by atoms with van der Waals surface area (Å²) < 4.78 is 44.9. The number of hydrogen-bond acceptors (Lipinski definition) is 7. The quantitative estimate of drug-likeness (QED) is 0.328. The summed E-state index contributed by atoms with van der Waals surface area (Å²) in [5, 5.41) is 18.5. The van der Waals surface area contributed by atoms with E-state index in [0.29, 0.717) is 17.2 Å². The normalized spacial score (nSPS) is 18.1. The molecule has 40 heavy (non-hydrogen) atoms. The lowest BCUT2D eigenvalue weighted by molar-refractivity contribution is -0.129. The van der Waals surface area contributed by atoms with Crippen LogP contribution in [-0.2, 0) is 4.79 Å². The highest BCUT2D eigenvalue weighted by Crippen LogP contribution is 2.37. The fourth-order valence-corrected chi connectivity index (χ4v) is 4.98. The number of aliphatic imine (C=N–C) groups is 1. The first-order chi connectivity index (χ1) is 19.3. The van der Waals surface area contributed by atoms with Crippen molar-refractivity contribution < 1.29 is 23.1 Å². The Morgan fingerprint density at radius 2 is 1.93 bits per heavy atom. The van der Waals surface area contributed by atoms with Crippen molar-refractivity contribution in [2.24, 2.45) is 10.7 Å². The number of nitrogens with zero attached hydrogens (tertiary/aromatic N) is 7. The molecule has 10 nitrogen and oxygen atoms in total. The molecule has 2 aromatic carbocycles. The minimum Gasteiger partial charge on any atom is -0.394 e. The second-order valence-corrected chi connectivity index (χ2v) is 9.92. The van der Waals surface area contributed by atoms with Gasteiger partial charge in [-0.3, -0.25) is 14.4 Å². The summed E-state index contributed by atoms with van der Waals surface area (Å²) in [5.74, 6) is -2.16. The van der Waals surface area contributed by atoms with Crippen molar-refractivity contribution in [1.82, 2.24) is 29.4 Å². The SMILES string of the molecule is NC1=NC(c2ccc(-c3cnn(C4CC4)c3)cc2F)C(=O)N1C(CO)c1ccc(Cl)c(-n2ncnc2C(F)F)c1. The minimum atomic E-state index is -2.92. The lowest BCUT2D eigenvalue weighted by Crippen LogP contribution is -2.42. The van der Waals surface area contributed by atoms with Crippen molar-refractivity contribution in [1.29, 1.82) is 0 Å². The molecule has 1 aliphatic carbocycles. The topological polar surface area (TPSA) is 127 Å². The number of benzene rings is 2. The number of aliphatic hydroxyl groups is 1. The van der Waals surface area contributed by atoms with E-state index >= 15 is 4.39 Å². The maximum absolute atomic E-state index is 15.3. The Balaban J connectivity index is 1.28. The van der Waals surface area contributed by atoms with E-state index in [1.54, 1.807) is 12.3 Å². The summed E-state index contributed by atoms with van der Waals surface area (Å²) in [6.07, 6.45) is 3.71. The molecule has 0 bridgehead atoms. The number of carbonyl (C=O) groups is 1. The van der Waals surface area contributed by atoms with Gasteiger partial charge in [-0.15, -0.1) is 0 Å². The van der Waals surface area contributed by atoms with Crippen molar-refractivity contribution in [3.8, 4) is 16.8 Å². The summed E-state index contributed by atoms with van der Waals surface area (Å²) in [4.78, 5) is 22.3. The van der Waals surface area contributed by atoms with Crippen LogP contribution in [0.4, 0.5) is 13.2 Å². The van der Waals surface area contributed by atoms with Crippen LogP contribution in [0, 0.1) is 5.82 Å². The van der Waals surface area contributed by atoms with Gasteiger partial charge in [0.2, 0.25) is 0 Å². The van der Waals surface area contributed by atoms with Gasteiger partial charge < -0.3 is 10.8 Å². The number of guanidine groups is 1. The van der Waals surface area contributed by atoms with Gasteiger partial charge in [-0.05, 0) is 42.2 Å². The molecule has 2 aliphatic rings. The Morgan fingerprint density at radius 3 is 2.62 bits per heavy atom. The fourth-order valence-electron chi connectivity index (χ4n) is 4.78. The fraction of sp³-hybridized carbons (Fsp3) is 0.269. The van der Waals surface area contributed by atoms with Crippen LogP contribution in [0.3, 0.4) is 0 Å². The lowest BCUT2D eigenvalue weighted by Gasteiger charge is -2.27. The highest BCUT2D eigenvalue weighted by Gasteiger charge is 2.40. The first kappa shape index (κ1) is 26.0. The maximum Gasteiger partial charge on any atom is 0.297 e. The highest BCUT2D eigenvalue weighted by molar-refractivity contribution is 6.32. The molecule has 3 N–H and O–H groups in total. The van der Waals surface area contributed by atoms with Crippen LogP contribution in [-0.4, -0.2) is 53.0 Å². The molecule has 2 unspecified atom stereocenters. The third kappa shape index (κ3) is 4.50. The number of hydrogen-bond donors (Lipinski definition) is 2. The van der Waals surface area contributed by atoms with Gasteiger partial charge in [0.1, 0.15) is 12.1 Å². The van der Waals surface area contributed by atoms with Gasteiger partial charge in [-0.25, -0.2) is 27.8 Å². The van der Waals surface area contributed by atoms with Gasteiger partial charge in [-0.2, -0.15) is 10.2 Å². The molecule has 1 aliphatic heterocycles. The molecule has 14 heteroatoms. The molecule has 206 valence electrons. The molecule has 0 spiro atoms. The second-order valence-electron chi connectivity index (χ2n) is 9.51. The molecule has 0 saturated heterocycles. The average Bonchev–Trinajstić information content (AvgIpc) is 3.33. The number of alkyl halides is 2. The first-order valence-electron chi connectivity index (χ1n) is 12.4. The Morgan fingerprint density at radius 1 is 1.12 bits per heavy atom. The van der Waals surface area contributed by atoms with E-state index < -0.39 is 42.7 Å². The number of carbonyl (C=O) groups excluding carboxylic acids is 1. The van der Waals surface area contributed by atoms with Crippen LogP contribution in [0.1, 0.15) is 54.3 Å². The standard InChI is InChI=1S/C26H22ClF3N8O2/c27-18-6-2-14(8-20(18)38-24(23(29)30)32-12-34-38)21(11-39)37-25(40)22(35-26(37)31)17-5-1-13(7-19(17)28)15-9-33-36(10-15)16-3-4-16/h1-2,5-10,12,16,21-23,39H,3-4,11H2,(H2,31,35). The predicted molar refractivity (Wildman–Crippen MR) is 138 cm³/mol. The first-order valence-corrected chi connectivity index (χ1v) is 12.7. The number of amides is 1. The molecule has 4 aromatic rings. The third-order valence-corrected chi connectivity index (χ3v) is 7.29. The smallest absolute Gasteiger partial charge is 0.297 e. The zero-order valence-electron chi connectivity index (χ0n) is 20.7. The number of aromatic nitrogens is 5. The number of halogens is 4. The van der Waals surface area contributed by atoms with Crippen molar-refractivity contribution in [3.63, 3.8) is 0 Å². The van der Waals surface area contributed by atoms with Crippen molar-refractivity contribution in [2.75, 3.05) is 6.61 Å². The van der Waals surface area contributed by atoms with Gasteiger partial charge in [-0.1, -0.05) is 29.8 Å². The Kier molecular flexibility index (Phi) is 6.55. The zero-order valence-corrected chi connectivity index (χ0v) is 21.5. The van der Waals surface area contributed by atoms with Gasteiger partial charge in [0.15, 0.2) is 17.8 Å². The van der Waals surface area contributed by atoms with Crippen molar-refractivity contribution in [3.05, 3.63) is 82.9 Å². The molecular weight excluding hydrogens is 549 g/mol. The van der Waals surface area contributed by atoms with Crippen LogP contribution in [0.5, 0.6) is 0 Å².